The highest BCUT2D eigenvalue weighted by molar-refractivity contribution is 9.10. The Morgan fingerprint density at radius 3 is 2.35 bits per heavy atom. The van der Waals surface area contributed by atoms with Crippen LogP contribution in [-0.2, 0) is 13.1 Å². The van der Waals surface area contributed by atoms with E-state index in [1.54, 1.807) is 12.1 Å². The molecule has 2 nitrogen and oxygen atoms in total. The molecule has 0 heterocycles. The molecule has 0 atom stereocenters. The number of benzene rings is 2. The topological polar surface area (TPSA) is 32.3 Å². The van der Waals surface area contributed by atoms with Crippen molar-refractivity contribution in [2.24, 2.45) is 0 Å². The number of phenols is 1. The first-order valence-electron chi connectivity index (χ1n) is 5.47. The van der Waals surface area contributed by atoms with Crippen LogP contribution in [0.1, 0.15) is 11.1 Å². The molecular formula is C14H14BrNO. The highest BCUT2D eigenvalue weighted by atomic mass is 79.9. The normalized spacial score (nSPS) is 10.4. The van der Waals surface area contributed by atoms with E-state index in [0.29, 0.717) is 5.75 Å². The molecule has 0 unspecified atom stereocenters. The first kappa shape index (κ1) is 12.1. The third-order valence-electron chi connectivity index (χ3n) is 2.48. The largest absolute Gasteiger partial charge is 0.508 e. The second kappa shape index (κ2) is 5.84. The number of aromatic hydroxyl groups is 1. The molecular weight excluding hydrogens is 278 g/mol. The first-order valence-corrected chi connectivity index (χ1v) is 6.26. The summed E-state index contributed by atoms with van der Waals surface area (Å²) in [4.78, 5) is 0. The van der Waals surface area contributed by atoms with Crippen LogP contribution in [0.4, 0.5) is 0 Å². The van der Waals surface area contributed by atoms with Crippen LogP contribution in [0.3, 0.4) is 0 Å². The van der Waals surface area contributed by atoms with Gasteiger partial charge in [0, 0.05) is 17.6 Å². The summed E-state index contributed by atoms with van der Waals surface area (Å²) in [5, 5.41) is 12.7. The maximum atomic E-state index is 9.33. The number of hydrogen-bond acceptors (Lipinski definition) is 2. The van der Waals surface area contributed by atoms with Gasteiger partial charge in [0.25, 0.3) is 0 Å². The minimum Gasteiger partial charge on any atom is -0.508 e. The summed E-state index contributed by atoms with van der Waals surface area (Å²) >= 11 is 3.41. The fraction of sp³-hybridized carbons (Fsp3) is 0.143. The molecule has 88 valence electrons. The van der Waals surface area contributed by atoms with Gasteiger partial charge < -0.3 is 10.4 Å². The van der Waals surface area contributed by atoms with Crippen molar-refractivity contribution >= 4 is 15.9 Å². The van der Waals surface area contributed by atoms with Gasteiger partial charge in [-0.3, -0.25) is 0 Å². The summed E-state index contributed by atoms with van der Waals surface area (Å²) in [6.45, 7) is 1.58. The Bertz CT molecular complexity index is 482. The van der Waals surface area contributed by atoms with Crippen molar-refractivity contribution in [3.63, 3.8) is 0 Å². The summed E-state index contributed by atoms with van der Waals surface area (Å²) in [5.74, 6) is 0.313. The van der Waals surface area contributed by atoms with E-state index < -0.39 is 0 Å². The maximum Gasteiger partial charge on any atom is 0.115 e. The van der Waals surface area contributed by atoms with Crippen molar-refractivity contribution in [2.75, 3.05) is 0 Å². The average molecular weight is 292 g/mol. The lowest BCUT2D eigenvalue weighted by molar-refractivity contribution is 0.474. The van der Waals surface area contributed by atoms with Crippen molar-refractivity contribution in [2.45, 2.75) is 13.1 Å². The van der Waals surface area contributed by atoms with E-state index in [1.807, 2.05) is 24.3 Å². The second-order valence-corrected chi connectivity index (χ2v) is 4.82. The lowest BCUT2D eigenvalue weighted by Gasteiger charge is -2.05. The van der Waals surface area contributed by atoms with Gasteiger partial charge in [0.05, 0.1) is 0 Å². The molecule has 0 bridgehead atoms. The summed E-state index contributed by atoms with van der Waals surface area (Å²) in [6.07, 6.45) is 0. The first-order chi connectivity index (χ1) is 8.24. The molecule has 0 aliphatic heterocycles. The van der Waals surface area contributed by atoms with E-state index in [-0.39, 0.29) is 0 Å². The predicted molar refractivity (Wildman–Crippen MR) is 72.8 cm³/mol. The van der Waals surface area contributed by atoms with Crippen LogP contribution in [0.15, 0.2) is 53.0 Å². The molecule has 17 heavy (non-hydrogen) atoms. The van der Waals surface area contributed by atoms with Crippen LogP contribution in [0.5, 0.6) is 5.75 Å². The van der Waals surface area contributed by atoms with E-state index in [9.17, 15) is 5.11 Å². The Labute approximate surface area is 109 Å². The zero-order valence-corrected chi connectivity index (χ0v) is 10.9. The van der Waals surface area contributed by atoms with Crippen LogP contribution in [0, 0.1) is 0 Å². The smallest absolute Gasteiger partial charge is 0.115 e. The minimum absolute atomic E-state index is 0.313. The van der Waals surface area contributed by atoms with Gasteiger partial charge in [-0.1, -0.05) is 40.2 Å². The third kappa shape index (κ3) is 3.88. The zero-order chi connectivity index (χ0) is 12.1. The highest BCUT2D eigenvalue weighted by Gasteiger charge is 1.95. The van der Waals surface area contributed by atoms with Crippen LogP contribution in [-0.4, -0.2) is 5.11 Å². The molecule has 0 aliphatic carbocycles. The molecule has 0 radical (unpaired) electrons. The Morgan fingerprint density at radius 1 is 0.941 bits per heavy atom. The Morgan fingerprint density at radius 2 is 1.65 bits per heavy atom. The van der Waals surface area contributed by atoms with Crippen molar-refractivity contribution < 1.29 is 5.11 Å². The molecule has 0 spiro atoms. The summed E-state index contributed by atoms with van der Waals surface area (Å²) in [5.41, 5.74) is 2.33. The molecule has 0 saturated heterocycles. The summed E-state index contributed by atoms with van der Waals surface area (Å²) in [6, 6.07) is 15.5. The fourth-order valence-corrected chi connectivity index (χ4v) is 1.88. The highest BCUT2D eigenvalue weighted by Crippen LogP contribution is 2.12. The molecule has 0 fully saturated rings. The Hall–Kier alpha value is -1.32. The Kier molecular flexibility index (Phi) is 4.18. The molecule has 0 saturated carbocycles. The molecule has 3 heteroatoms. The van der Waals surface area contributed by atoms with Gasteiger partial charge in [0.1, 0.15) is 5.75 Å². The van der Waals surface area contributed by atoms with Gasteiger partial charge in [0.15, 0.2) is 0 Å². The van der Waals surface area contributed by atoms with E-state index in [4.69, 9.17) is 0 Å². The number of halogens is 1. The third-order valence-corrected chi connectivity index (χ3v) is 3.01. The van der Waals surface area contributed by atoms with Gasteiger partial charge in [-0.25, -0.2) is 0 Å². The number of phenolic OH excluding ortho intramolecular Hbond substituents is 1. The lowest BCUT2D eigenvalue weighted by atomic mass is 10.2. The average Bonchev–Trinajstić information content (AvgIpc) is 2.32. The van der Waals surface area contributed by atoms with Crippen LogP contribution in [0.2, 0.25) is 0 Å². The molecule has 0 aromatic heterocycles. The van der Waals surface area contributed by atoms with E-state index in [2.05, 4.69) is 33.4 Å². The summed E-state index contributed by atoms with van der Waals surface area (Å²) < 4.78 is 1.09. The predicted octanol–water partition coefficient (Wildman–Crippen LogP) is 3.44. The van der Waals surface area contributed by atoms with Crippen molar-refractivity contribution in [3.05, 3.63) is 64.1 Å². The van der Waals surface area contributed by atoms with Crippen LogP contribution < -0.4 is 5.32 Å². The number of nitrogens with one attached hydrogen (secondary N) is 1. The molecule has 0 aliphatic rings. The van der Waals surface area contributed by atoms with Crippen LogP contribution in [0.25, 0.3) is 0 Å². The van der Waals surface area contributed by atoms with Gasteiger partial charge in [-0.15, -0.1) is 0 Å². The van der Waals surface area contributed by atoms with E-state index in [0.717, 1.165) is 23.1 Å². The zero-order valence-electron chi connectivity index (χ0n) is 9.36. The van der Waals surface area contributed by atoms with Gasteiger partial charge in [0.2, 0.25) is 0 Å². The van der Waals surface area contributed by atoms with E-state index in [1.165, 1.54) is 5.56 Å². The molecule has 2 rings (SSSR count). The lowest BCUT2D eigenvalue weighted by Crippen LogP contribution is -2.12. The summed E-state index contributed by atoms with van der Waals surface area (Å²) in [7, 11) is 0. The minimum atomic E-state index is 0.313. The quantitative estimate of drug-likeness (QED) is 0.904. The van der Waals surface area contributed by atoms with Crippen molar-refractivity contribution in [1.82, 2.24) is 5.32 Å². The van der Waals surface area contributed by atoms with Crippen molar-refractivity contribution in [3.8, 4) is 5.75 Å². The van der Waals surface area contributed by atoms with Gasteiger partial charge in [-0.05, 0) is 35.4 Å². The second-order valence-electron chi connectivity index (χ2n) is 3.90. The standard InChI is InChI=1S/C14H14BrNO/c15-13-6-4-11(5-7-13)9-16-10-12-2-1-3-14(17)8-12/h1-8,16-17H,9-10H2. The van der Waals surface area contributed by atoms with Gasteiger partial charge >= 0.3 is 0 Å². The molecule has 2 aromatic rings. The molecule has 2 N–H and O–H groups in total. The number of hydrogen-bond donors (Lipinski definition) is 2. The SMILES string of the molecule is Oc1cccc(CNCc2ccc(Br)cc2)c1. The van der Waals surface area contributed by atoms with Gasteiger partial charge in [-0.2, -0.15) is 0 Å². The fourth-order valence-electron chi connectivity index (χ4n) is 1.62. The monoisotopic (exact) mass is 291 g/mol. The number of rotatable bonds is 4. The molecule has 0 amide bonds. The van der Waals surface area contributed by atoms with E-state index >= 15 is 0 Å². The maximum absolute atomic E-state index is 9.33. The van der Waals surface area contributed by atoms with Crippen LogP contribution >= 0.6 is 15.9 Å². The van der Waals surface area contributed by atoms with Crippen molar-refractivity contribution in [1.29, 1.82) is 0 Å². The Balaban J connectivity index is 1.85. The molecule has 2 aromatic carbocycles.